The molecule has 5 heteroatoms. The second kappa shape index (κ2) is 6.82. The van der Waals surface area contributed by atoms with Gasteiger partial charge in [0.1, 0.15) is 0 Å². The van der Waals surface area contributed by atoms with Crippen molar-refractivity contribution in [2.45, 2.75) is 34.2 Å². The topological polar surface area (TPSA) is 29.9 Å². The van der Waals surface area contributed by atoms with E-state index in [9.17, 15) is 0 Å². The van der Waals surface area contributed by atoms with Crippen LogP contribution in [0.15, 0.2) is 18.2 Å². The predicted octanol–water partition coefficient (Wildman–Crippen LogP) is 4.54. The molecule has 1 aromatic heterocycles. The number of nitrogens with one attached hydrogen (secondary N) is 1. The molecule has 0 bridgehead atoms. The molecule has 2 aromatic rings. The minimum atomic E-state index is 0.625. The van der Waals surface area contributed by atoms with Gasteiger partial charge in [-0.05, 0) is 44.0 Å². The average Bonchev–Trinajstić information content (AvgIpc) is 2.68. The lowest BCUT2D eigenvalue weighted by atomic mass is 10.2. The summed E-state index contributed by atoms with van der Waals surface area (Å²) in [5.41, 5.74) is 3.78. The Balaban J connectivity index is 2.20. The van der Waals surface area contributed by atoms with Gasteiger partial charge in [0.25, 0.3) is 0 Å². The summed E-state index contributed by atoms with van der Waals surface area (Å²) in [7, 11) is 0. The fourth-order valence-electron chi connectivity index (χ4n) is 2.18. The van der Waals surface area contributed by atoms with Crippen LogP contribution in [0, 0.1) is 19.8 Å². The zero-order valence-corrected chi connectivity index (χ0v) is 14.4. The number of rotatable bonds is 5. The quantitative estimate of drug-likeness (QED) is 0.874. The van der Waals surface area contributed by atoms with Crippen LogP contribution in [0.2, 0.25) is 10.0 Å². The molecule has 0 aliphatic rings. The number of aromatic nitrogens is 2. The highest BCUT2D eigenvalue weighted by Crippen LogP contribution is 2.25. The van der Waals surface area contributed by atoms with E-state index in [1.165, 1.54) is 0 Å². The van der Waals surface area contributed by atoms with E-state index in [0.717, 1.165) is 40.8 Å². The van der Waals surface area contributed by atoms with Crippen LogP contribution in [0.1, 0.15) is 30.8 Å². The number of aryl methyl sites for hydroxylation is 1. The van der Waals surface area contributed by atoms with Crippen molar-refractivity contribution in [3.63, 3.8) is 0 Å². The second-order valence-corrected chi connectivity index (χ2v) is 6.48. The molecule has 0 radical (unpaired) electrons. The third-order valence-corrected chi connectivity index (χ3v) is 4.25. The van der Waals surface area contributed by atoms with E-state index in [2.05, 4.69) is 24.3 Å². The van der Waals surface area contributed by atoms with Gasteiger partial charge in [0.05, 0.1) is 22.1 Å². The smallest absolute Gasteiger partial charge is 0.0848 e. The Labute approximate surface area is 136 Å². The van der Waals surface area contributed by atoms with E-state index in [-0.39, 0.29) is 0 Å². The van der Waals surface area contributed by atoms with Crippen LogP contribution in [0.5, 0.6) is 0 Å². The predicted molar refractivity (Wildman–Crippen MR) is 89.6 cm³/mol. The fourth-order valence-corrected chi connectivity index (χ4v) is 2.54. The third-order valence-electron chi connectivity index (χ3n) is 3.35. The first-order valence-electron chi connectivity index (χ1n) is 7.11. The lowest BCUT2D eigenvalue weighted by molar-refractivity contribution is 0.552. The summed E-state index contributed by atoms with van der Waals surface area (Å²) in [6.07, 6.45) is 0. The minimum Gasteiger partial charge on any atom is -0.312 e. The number of benzene rings is 1. The molecule has 0 atom stereocenters. The Hall–Kier alpha value is -1.03. The SMILES string of the molecule is Cc1nn(-c2ccc(CNCC(C)C)c(Cl)c2)c(C)c1Cl. The standard InChI is InChI=1S/C16H21Cl2N3/c1-10(2)8-19-9-13-5-6-14(7-15(13)17)21-12(4)16(18)11(3)20-21/h5-7,10,19H,8-9H2,1-4H3. The number of halogens is 2. The van der Waals surface area contributed by atoms with Crippen LogP contribution in [-0.2, 0) is 6.54 Å². The lowest BCUT2D eigenvalue weighted by Crippen LogP contribution is -2.19. The van der Waals surface area contributed by atoms with Crippen LogP contribution in [0.3, 0.4) is 0 Å². The molecule has 21 heavy (non-hydrogen) atoms. The number of nitrogens with zero attached hydrogens (tertiary/aromatic N) is 2. The van der Waals surface area contributed by atoms with Gasteiger partial charge in [0.15, 0.2) is 0 Å². The van der Waals surface area contributed by atoms with Gasteiger partial charge in [-0.1, -0.05) is 43.1 Å². The molecule has 0 amide bonds. The van der Waals surface area contributed by atoms with Crippen LogP contribution in [0.25, 0.3) is 5.69 Å². The highest BCUT2D eigenvalue weighted by atomic mass is 35.5. The maximum absolute atomic E-state index is 6.38. The first-order chi connectivity index (χ1) is 9.90. The first-order valence-corrected chi connectivity index (χ1v) is 7.87. The van der Waals surface area contributed by atoms with Crippen molar-refractivity contribution in [1.29, 1.82) is 0 Å². The molecule has 1 heterocycles. The van der Waals surface area contributed by atoms with Crippen LogP contribution >= 0.6 is 23.2 Å². The molecule has 0 saturated carbocycles. The lowest BCUT2D eigenvalue weighted by Gasteiger charge is -2.11. The molecule has 1 N–H and O–H groups in total. The first kappa shape index (κ1) is 16.3. The molecule has 2 rings (SSSR count). The Morgan fingerprint density at radius 3 is 2.48 bits per heavy atom. The van der Waals surface area contributed by atoms with Crippen molar-refractivity contribution in [1.82, 2.24) is 15.1 Å². The highest BCUT2D eigenvalue weighted by Gasteiger charge is 2.12. The van der Waals surface area contributed by atoms with Crippen molar-refractivity contribution in [3.8, 4) is 5.69 Å². The second-order valence-electron chi connectivity index (χ2n) is 5.70. The van der Waals surface area contributed by atoms with Crippen molar-refractivity contribution >= 4 is 23.2 Å². The summed E-state index contributed by atoms with van der Waals surface area (Å²) in [6, 6.07) is 5.99. The molecule has 0 aliphatic heterocycles. The summed E-state index contributed by atoms with van der Waals surface area (Å²) in [6.45, 7) is 9.97. The Morgan fingerprint density at radius 2 is 1.95 bits per heavy atom. The monoisotopic (exact) mass is 325 g/mol. The van der Waals surface area contributed by atoms with E-state index < -0.39 is 0 Å². The Kier molecular flexibility index (Phi) is 5.31. The van der Waals surface area contributed by atoms with Crippen molar-refractivity contribution in [2.75, 3.05) is 6.54 Å². The van der Waals surface area contributed by atoms with Crippen LogP contribution in [-0.4, -0.2) is 16.3 Å². The maximum Gasteiger partial charge on any atom is 0.0848 e. The van der Waals surface area contributed by atoms with E-state index >= 15 is 0 Å². The largest absolute Gasteiger partial charge is 0.312 e. The zero-order valence-electron chi connectivity index (χ0n) is 12.9. The highest BCUT2D eigenvalue weighted by molar-refractivity contribution is 6.32. The van der Waals surface area contributed by atoms with Gasteiger partial charge >= 0.3 is 0 Å². The summed E-state index contributed by atoms with van der Waals surface area (Å²) in [4.78, 5) is 0. The third kappa shape index (κ3) is 3.79. The van der Waals surface area contributed by atoms with Gasteiger partial charge < -0.3 is 5.32 Å². The Morgan fingerprint density at radius 1 is 1.24 bits per heavy atom. The molecule has 114 valence electrons. The van der Waals surface area contributed by atoms with Crippen LogP contribution in [0.4, 0.5) is 0 Å². The molecule has 0 spiro atoms. The van der Waals surface area contributed by atoms with Gasteiger partial charge in [-0.25, -0.2) is 4.68 Å². The minimum absolute atomic E-state index is 0.625. The van der Waals surface area contributed by atoms with E-state index in [1.54, 1.807) is 0 Å². The maximum atomic E-state index is 6.38. The van der Waals surface area contributed by atoms with E-state index in [0.29, 0.717) is 10.9 Å². The van der Waals surface area contributed by atoms with E-state index in [4.69, 9.17) is 23.2 Å². The number of hydrogen-bond donors (Lipinski definition) is 1. The average molecular weight is 326 g/mol. The van der Waals surface area contributed by atoms with Gasteiger partial charge in [0, 0.05) is 11.6 Å². The molecule has 3 nitrogen and oxygen atoms in total. The summed E-state index contributed by atoms with van der Waals surface area (Å²) in [5.74, 6) is 0.625. The molecule has 0 saturated heterocycles. The fraction of sp³-hybridized carbons (Fsp3) is 0.438. The van der Waals surface area contributed by atoms with Crippen LogP contribution < -0.4 is 5.32 Å². The van der Waals surface area contributed by atoms with E-state index in [1.807, 2.05) is 36.7 Å². The molecule has 0 unspecified atom stereocenters. The molecular formula is C16H21Cl2N3. The Bertz CT molecular complexity index is 633. The van der Waals surface area contributed by atoms with Gasteiger partial charge in [-0.3, -0.25) is 0 Å². The zero-order chi connectivity index (χ0) is 15.6. The van der Waals surface area contributed by atoms with Crippen molar-refractivity contribution in [2.24, 2.45) is 5.92 Å². The summed E-state index contributed by atoms with van der Waals surface area (Å²) >= 11 is 12.6. The summed E-state index contributed by atoms with van der Waals surface area (Å²) in [5, 5.41) is 9.29. The molecule has 0 fully saturated rings. The van der Waals surface area contributed by atoms with Crippen molar-refractivity contribution < 1.29 is 0 Å². The number of hydrogen-bond acceptors (Lipinski definition) is 2. The molecule has 1 aromatic carbocycles. The summed E-state index contributed by atoms with van der Waals surface area (Å²) < 4.78 is 1.83. The van der Waals surface area contributed by atoms with Crippen molar-refractivity contribution in [3.05, 3.63) is 45.2 Å². The van der Waals surface area contributed by atoms with Gasteiger partial charge in [0.2, 0.25) is 0 Å². The molecular weight excluding hydrogens is 305 g/mol. The van der Waals surface area contributed by atoms with Gasteiger partial charge in [-0.2, -0.15) is 5.10 Å². The van der Waals surface area contributed by atoms with Gasteiger partial charge in [-0.15, -0.1) is 0 Å². The normalized spacial score (nSPS) is 11.4. The molecule has 0 aliphatic carbocycles.